The topological polar surface area (TPSA) is 57.5 Å². The van der Waals surface area contributed by atoms with Gasteiger partial charge in [-0.15, -0.1) is 0 Å². The Morgan fingerprint density at radius 1 is 0.897 bits per heavy atom. The van der Waals surface area contributed by atoms with E-state index < -0.39 is 11.9 Å². The van der Waals surface area contributed by atoms with Gasteiger partial charge in [-0.2, -0.15) is 0 Å². The van der Waals surface area contributed by atoms with Crippen LogP contribution in [-0.2, 0) is 21.4 Å². The maximum Gasteiger partial charge on any atom is 0.347 e. The predicted octanol–water partition coefficient (Wildman–Crippen LogP) is 4.70. The molecule has 5 nitrogen and oxygen atoms in total. The minimum atomic E-state index is -0.640. The zero-order valence-corrected chi connectivity index (χ0v) is 16.9. The lowest BCUT2D eigenvalue weighted by Gasteiger charge is -2.06. The number of benzene rings is 2. The summed E-state index contributed by atoms with van der Waals surface area (Å²) in [6.45, 7) is 1.94. The van der Waals surface area contributed by atoms with Gasteiger partial charge in [-0.25, -0.2) is 9.59 Å². The van der Waals surface area contributed by atoms with E-state index in [1.165, 1.54) is 11.3 Å². The number of hydrogen-bond donors (Lipinski definition) is 0. The minimum Gasteiger partial charge on any atom is -0.487 e. The van der Waals surface area contributed by atoms with Crippen molar-refractivity contribution < 1.29 is 19.1 Å². The Hall–Kier alpha value is -3.38. The van der Waals surface area contributed by atoms with E-state index in [9.17, 15) is 9.59 Å². The lowest BCUT2D eigenvalue weighted by atomic mass is 9.94. The molecule has 0 aliphatic carbocycles. The fourth-order valence-corrected chi connectivity index (χ4v) is 5.11. The van der Waals surface area contributed by atoms with E-state index in [1.807, 2.05) is 67.1 Å². The highest BCUT2D eigenvalue weighted by Crippen LogP contribution is 2.47. The third kappa shape index (κ3) is 2.39. The number of thiophene rings is 1. The Labute approximate surface area is 170 Å². The first-order chi connectivity index (χ1) is 14.0. The van der Waals surface area contributed by atoms with E-state index in [2.05, 4.69) is 0 Å². The molecule has 0 bridgehead atoms. The number of methoxy groups -OCH3 is 1. The molecule has 5 rings (SSSR count). The Bertz CT molecular complexity index is 1370. The molecule has 0 saturated heterocycles. The number of cyclic esters (lactones) is 2. The van der Waals surface area contributed by atoms with E-state index in [1.54, 1.807) is 7.11 Å². The number of rotatable bonds is 3. The quantitative estimate of drug-likeness (QED) is 0.367. The highest BCUT2D eigenvalue weighted by atomic mass is 32.1. The van der Waals surface area contributed by atoms with E-state index in [-0.39, 0.29) is 5.57 Å². The van der Waals surface area contributed by atoms with Gasteiger partial charge in [0.1, 0.15) is 0 Å². The Kier molecular flexibility index (Phi) is 3.86. The van der Waals surface area contributed by atoms with Crippen molar-refractivity contribution >= 4 is 55.4 Å². The van der Waals surface area contributed by atoms with E-state index in [0.29, 0.717) is 16.2 Å². The van der Waals surface area contributed by atoms with Crippen molar-refractivity contribution in [2.45, 2.75) is 6.92 Å². The minimum absolute atomic E-state index is 0.267. The van der Waals surface area contributed by atoms with Gasteiger partial charge in [-0.3, -0.25) is 0 Å². The van der Waals surface area contributed by atoms with Gasteiger partial charge >= 0.3 is 11.9 Å². The maximum atomic E-state index is 12.9. The fourth-order valence-electron chi connectivity index (χ4n) is 4.08. The molecule has 29 heavy (non-hydrogen) atoms. The smallest absolute Gasteiger partial charge is 0.347 e. The molecule has 0 atom stereocenters. The number of aryl methyl sites for hydroxylation is 1. The summed E-state index contributed by atoms with van der Waals surface area (Å²) >= 11 is 1.44. The standard InChI is InChI=1S/C23H17NO4S/c1-12-17(13-8-4-6-10-15(13)24(12)2)19-20(22(26)28-21(19)25)18-14-9-5-7-11-16(14)29-23(18)27-3/h4-11H,1-3H3. The Balaban J connectivity index is 1.93. The van der Waals surface area contributed by atoms with Crippen molar-refractivity contribution in [3.05, 3.63) is 65.4 Å². The molecule has 4 aromatic rings. The second kappa shape index (κ2) is 6.32. The fraction of sp³-hybridized carbons (Fsp3) is 0.130. The molecule has 3 heterocycles. The van der Waals surface area contributed by atoms with Gasteiger partial charge < -0.3 is 14.0 Å². The summed E-state index contributed by atoms with van der Waals surface area (Å²) in [6, 6.07) is 15.6. The summed E-state index contributed by atoms with van der Waals surface area (Å²) in [5, 5.41) is 2.36. The molecule has 0 saturated carbocycles. The number of ether oxygens (including phenoxy) is 2. The molecular formula is C23H17NO4S. The summed E-state index contributed by atoms with van der Waals surface area (Å²) in [4.78, 5) is 25.8. The number of para-hydroxylation sites is 1. The summed E-state index contributed by atoms with van der Waals surface area (Å²) < 4.78 is 13.7. The van der Waals surface area contributed by atoms with Crippen LogP contribution >= 0.6 is 11.3 Å². The van der Waals surface area contributed by atoms with Gasteiger partial charge in [0.25, 0.3) is 0 Å². The predicted molar refractivity (Wildman–Crippen MR) is 114 cm³/mol. The highest BCUT2D eigenvalue weighted by molar-refractivity contribution is 7.21. The summed E-state index contributed by atoms with van der Waals surface area (Å²) in [5.41, 5.74) is 3.79. The Morgan fingerprint density at radius 3 is 2.24 bits per heavy atom. The van der Waals surface area contributed by atoms with Crippen LogP contribution in [0.25, 0.3) is 32.1 Å². The average Bonchev–Trinajstić information content (AvgIpc) is 3.31. The van der Waals surface area contributed by atoms with E-state index in [0.717, 1.165) is 32.2 Å². The molecule has 1 aliphatic heterocycles. The Morgan fingerprint density at radius 2 is 1.52 bits per heavy atom. The highest BCUT2D eigenvalue weighted by Gasteiger charge is 2.39. The number of fused-ring (bicyclic) bond motifs is 2. The van der Waals surface area contributed by atoms with Crippen LogP contribution in [0.1, 0.15) is 16.8 Å². The third-order valence-electron chi connectivity index (χ3n) is 5.49. The lowest BCUT2D eigenvalue weighted by Crippen LogP contribution is -2.02. The van der Waals surface area contributed by atoms with Crippen LogP contribution < -0.4 is 4.74 Å². The summed E-state index contributed by atoms with van der Waals surface area (Å²) in [5.74, 6) is -1.26. The van der Waals surface area contributed by atoms with Crippen LogP contribution in [-0.4, -0.2) is 23.6 Å². The van der Waals surface area contributed by atoms with Crippen LogP contribution in [0.3, 0.4) is 0 Å². The lowest BCUT2D eigenvalue weighted by molar-refractivity contribution is -0.149. The first-order valence-electron chi connectivity index (χ1n) is 9.14. The molecule has 0 fully saturated rings. The van der Waals surface area contributed by atoms with Crippen molar-refractivity contribution in [3.8, 4) is 5.06 Å². The molecule has 2 aromatic carbocycles. The molecule has 2 aromatic heterocycles. The number of carbonyl (C=O) groups excluding carboxylic acids is 2. The number of hydrogen-bond acceptors (Lipinski definition) is 5. The van der Waals surface area contributed by atoms with Crippen molar-refractivity contribution in [2.24, 2.45) is 7.05 Å². The molecule has 144 valence electrons. The first kappa shape index (κ1) is 17.7. The molecular weight excluding hydrogens is 386 g/mol. The van der Waals surface area contributed by atoms with Crippen molar-refractivity contribution in [1.29, 1.82) is 0 Å². The summed E-state index contributed by atoms with van der Waals surface area (Å²) in [7, 11) is 3.52. The maximum absolute atomic E-state index is 12.9. The van der Waals surface area contributed by atoms with E-state index in [4.69, 9.17) is 9.47 Å². The number of esters is 2. The molecule has 0 spiro atoms. The van der Waals surface area contributed by atoms with Crippen LogP contribution in [0.4, 0.5) is 0 Å². The van der Waals surface area contributed by atoms with Crippen molar-refractivity contribution in [2.75, 3.05) is 7.11 Å². The van der Waals surface area contributed by atoms with Gasteiger partial charge in [0.05, 0.1) is 23.8 Å². The normalized spacial score (nSPS) is 14.3. The van der Waals surface area contributed by atoms with Crippen LogP contribution in [0, 0.1) is 6.92 Å². The van der Waals surface area contributed by atoms with Gasteiger partial charge in [0.15, 0.2) is 5.06 Å². The number of nitrogens with zero attached hydrogens (tertiary/aromatic N) is 1. The third-order valence-corrected chi connectivity index (χ3v) is 6.62. The van der Waals surface area contributed by atoms with Crippen LogP contribution in [0.15, 0.2) is 48.5 Å². The second-order valence-corrected chi connectivity index (χ2v) is 7.94. The monoisotopic (exact) mass is 403 g/mol. The molecule has 0 unspecified atom stereocenters. The molecule has 0 amide bonds. The molecule has 0 N–H and O–H groups in total. The van der Waals surface area contributed by atoms with Crippen LogP contribution in [0.2, 0.25) is 0 Å². The van der Waals surface area contributed by atoms with E-state index >= 15 is 0 Å². The first-order valence-corrected chi connectivity index (χ1v) is 9.95. The largest absolute Gasteiger partial charge is 0.487 e. The van der Waals surface area contributed by atoms with Gasteiger partial charge in [-0.05, 0) is 19.1 Å². The molecule has 0 radical (unpaired) electrons. The van der Waals surface area contributed by atoms with Gasteiger partial charge in [0, 0.05) is 39.3 Å². The molecule has 1 aliphatic rings. The zero-order chi connectivity index (χ0) is 20.3. The van der Waals surface area contributed by atoms with Crippen LogP contribution in [0.5, 0.6) is 5.06 Å². The zero-order valence-electron chi connectivity index (χ0n) is 16.1. The molecule has 6 heteroatoms. The van der Waals surface area contributed by atoms with Crippen molar-refractivity contribution in [1.82, 2.24) is 4.57 Å². The SMILES string of the molecule is COc1sc2ccccc2c1C1=C(c2c(C)n(C)c3ccccc23)C(=O)OC1=O. The number of aromatic nitrogens is 1. The number of carbonyl (C=O) groups is 2. The summed E-state index contributed by atoms with van der Waals surface area (Å²) in [6.07, 6.45) is 0. The van der Waals surface area contributed by atoms with Gasteiger partial charge in [0.2, 0.25) is 0 Å². The second-order valence-electron chi connectivity index (χ2n) is 6.93. The van der Waals surface area contributed by atoms with Gasteiger partial charge in [-0.1, -0.05) is 47.7 Å². The van der Waals surface area contributed by atoms with Crippen molar-refractivity contribution in [3.63, 3.8) is 0 Å². The average molecular weight is 403 g/mol.